The molecule has 1 amide bonds. The standard InChI is InChI=1S/C13H20N2OS/c1-13(2,3)9-4-6-10(7-5-9)15-12(16)11(14)8-17/h4-7,11,17H,8,14H2,1-3H3,(H,15,16). The van der Waals surface area contributed by atoms with Gasteiger partial charge < -0.3 is 11.1 Å². The lowest BCUT2D eigenvalue weighted by Gasteiger charge is -2.19. The monoisotopic (exact) mass is 252 g/mol. The molecular weight excluding hydrogens is 232 g/mol. The zero-order valence-corrected chi connectivity index (χ0v) is 11.4. The van der Waals surface area contributed by atoms with Crippen LogP contribution in [0.15, 0.2) is 24.3 Å². The molecule has 0 aliphatic heterocycles. The van der Waals surface area contributed by atoms with Crippen molar-refractivity contribution in [2.45, 2.75) is 32.2 Å². The van der Waals surface area contributed by atoms with Gasteiger partial charge in [-0.3, -0.25) is 4.79 Å². The number of anilines is 1. The summed E-state index contributed by atoms with van der Waals surface area (Å²) in [5.74, 6) is 0.134. The number of nitrogens with one attached hydrogen (secondary N) is 1. The molecule has 17 heavy (non-hydrogen) atoms. The average molecular weight is 252 g/mol. The molecule has 0 bridgehead atoms. The summed E-state index contributed by atoms with van der Waals surface area (Å²) < 4.78 is 0. The van der Waals surface area contributed by atoms with E-state index < -0.39 is 6.04 Å². The van der Waals surface area contributed by atoms with Crippen molar-refractivity contribution in [1.29, 1.82) is 0 Å². The quantitative estimate of drug-likeness (QED) is 0.722. The van der Waals surface area contributed by atoms with E-state index in [-0.39, 0.29) is 11.3 Å². The third-order valence-corrected chi connectivity index (χ3v) is 2.95. The predicted molar refractivity (Wildman–Crippen MR) is 75.6 cm³/mol. The molecule has 1 unspecified atom stereocenters. The second-order valence-corrected chi connectivity index (χ2v) is 5.47. The summed E-state index contributed by atoms with van der Waals surface area (Å²) in [5, 5.41) is 2.76. The number of rotatable bonds is 3. The lowest BCUT2D eigenvalue weighted by Crippen LogP contribution is -2.37. The summed E-state index contributed by atoms with van der Waals surface area (Å²) in [6.45, 7) is 6.45. The zero-order valence-electron chi connectivity index (χ0n) is 10.5. The molecule has 0 saturated heterocycles. The van der Waals surface area contributed by atoms with Crippen molar-refractivity contribution in [3.05, 3.63) is 29.8 Å². The van der Waals surface area contributed by atoms with Crippen LogP contribution in [-0.4, -0.2) is 17.7 Å². The van der Waals surface area contributed by atoms with Crippen LogP contribution >= 0.6 is 12.6 Å². The van der Waals surface area contributed by atoms with E-state index in [9.17, 15) is 4.79 Å². The van der Waals surface area contributed by atoms with E-state index in [0.717, 1.165) is 5.69 Å². The summed E-state index contributed by atoms with van der Waals surface area (Å²) >= 11 is 3.99. The Morgan fingerprint density at radius 1 is 1.35 bits per heavy atom. The van der Waals surface area contributed by atoms with Crippen LogP contribution in [0.25, 0.3) is 0 Å². The van der Waals surface area contributed by atoms with Crippen molar-refractivity contribution in [2.24, 2.45) is 5.73 Å². The Morgan fingerprint density at radius 3 is 2.29 bits per heavy atom. The lowest BCUT2D eigenvalue weighted by molar-refractivity contribution is -0.116. The topological polar surface area (TPSA) is 55.1 Å². The zero-order chi connectivity index (χ0) is 13.1. The van der Waals surface area contributed by atoms with E-state index in [1.807, 2.05) is 24.3 Å². The minimum atomic E-state index is -0.569. The van der Waals surface area contributed by atoms with Crippen LogP contribution in [0.1, 0.15) is 26.3 Å². The summed E-state index contributed by atoms with van der Waals surface area (Å²) in [6.07, 6.45) is 0. The first-order valence-electron chi connectivity index (χ1n) is 5.62. The van der Waals surface area contributed by atoms with Gasteiger partial charge in [0, 0.05) is 11.4 Å². The van der Waals surface area contributed by atoms with E-state index in [1.165, 1.54) is 5.56 Å². The molecule has 4 heteroatoms. The molecule has 3 N–H and O–H groups in total. The maximum atomic E-state index is 11.5. The van der Waals surface area contributed by atoms with Crippen LogP contribution in [0.2, 0.25) is 0 Å². The molecule has 0 spiro atoms. The highest BCUT2D eigenvalue weighted by molar-refractivity contribution is 7.80. The molecule has 0 aliphatic carbocycles. The van der Waals surface area contributed by atoms with Gasteiger partial charge in [-0.25, -0.2) is 0 Å². The molecule has 0 aliphatic rings. The second-order valence-electron chi connectivity index (χ2n) is 5.11. The molecular formula is C13H20N2OS. The average Bonchev–Trinajstić information content (AvgIpc) is 2.27. The van der Waals surface area contributed by atoms with Gasteiger partial charge in [0.2, 0.25) is 5.91 Å². The van der Waals surface area contributed by atoms with Crippen LogP contribution in [0.4, 0.5) is 5.69 Å². The van der Waals surface area contributed by atoms with Crippen molar-refractivity contribution >= 4 is 24.2 Å². The lowest BCUT2D eigenvalue weighted by atomic mass is 9.87. The van der Waals surface area contributed by atoms with Gasteiger partial charge in [-0.2, -0.15) is 12.6 Å². The fourth-order valence-electron chi connectivity index (χ4n) is 1.37. The molecule has 0 radical (unpaired) electrons. The Labute approximate surface area is 108 Å². The van der Waals surface area contributed by atoms with Gasteiger partial charge in [-0.05, 0) is 23.1 Å². The molecule has 0 aromatic heterocycles. The first-order valence-corrected chi connectivity index (χ1v) is 6.25. The normalized spacial score (nSPS) is 13.2. The fraction of sp³-hybridized carbons (Fsp3) is 0.462. The number of nitrogens with two attached hydrogens (primary N) is 1. The van der Waals surface area contributed by atoms with Crippen LogP contribution < -0.4 is 11.1 Å². The Balaban J connectivity index is 2.73. The Kier molecular flexibility index (Phi) is 4.60. The molecule has 1 aromatic carbocycles. The van der Waals surface area contributed by atoms with Crippen molar-refractivity contribution in [1.82, 2.24) is 0 Å². The van der Waals surface area contributed by atoms with Gasteiger partial charge in [0.25, 0.3) is 0 Å². The molecule has 0 heterocycles. The van der Waals surface area contributed by atoms with E-state index in [4.69, 9.17) is 5.73 Å². The van der Waals surface area contributed by atoms with Crippen molar-refractivity contribution in [2.75, 3.05) is 11.1 Å². The van der Waals surface area contributed by atoms with Gasteiger partial charge in [0.15, 0.2) is 0 Å². The number of amides is 1. The highest BCUT2D eigenvalue weighted by Gasteiger charge is 2.14. The van der Waals surface area contributed by atoms with Crippen LogP contribution in [-0.2, 0) is 10.2 Å². The minimum absolute atomic E-state index is 0.115. The summed E-state index contributed by atoms with van der Waals surface area (Å²) in [5.41, 5.74) is 7.68. The Bertz CT molecular complexity index is 381. The second kappa shape index (κ2) is 5.56. The minimum Gasteiger partial charge on any atom is -0.325 e. The van der Waals surface area contributed by atoms with Gasteiger partial charge in [0.1, 0.15) is 0 Å². The van der Waals surface area contributed by atoms with E-state index in [2.05, 4.69) is 38.7 Å². The predicted octanol–water partition coefficient (Wildman–Crippen LogP) is 2.18. The van der Waals surface area contributed by atoms with Crippen molar-refractivity contribution in [3.63, 3.8) is 0 Å². The van der Waals surface area contributed by atoms with E-state index >= 15 is 0 Å². The summed E-state index contributed by atoms with van der Waals surface area (Å²) in [4.78, 5) is 11.5. The molecule has 0 fully saturated rings. The van der Waals surface area contributed by atoms with Gasteiger partial charge >= 0.3 is 0 Å². The first-order chi connectivity index (χ1) is 7.84. The number of hydrogen-bond acceptors (Lipinski definition) is 3. The van der Waals surface area contributed by atoms with Crippen LogP contribution in [0.5, 0.6) is 0 Å². The summed E-state index contributed by atoms with van der Waals surface area (Å²) in [6, 6.07) is 7.25. The highest BCUT2D eigenvalue weighted by Crippen LogP contribution is 2.23. The molecule has 1 atom stereocenters. The fourth-order valence-corrected chi connectivity index (χ4v) is 1.54. The van der Waals surface area contributed by atoms with Crippen LogP contribution in [0, 0.1) is 0 Å². The number of carbonyl (C=O) groups excluding carboxylic acids is 1. The third kappa shape index (κ3) is 4.06. The number of hydrogen-bond donors (Lipinski definition) is 3. The van der Waals surface area contributed by atoms with Gasteiger partial charge in [0.05, 0.1) is 6.04 Å². The summed E-state index contributed by atoms with van der Waals surface area (Å²) in [7, 11) is 0. The van der Waals surface area contributed by atoms with E-state index in [0.29, 0.717) is 5.75 Å². The third-order valence-electron chi connectivity index (χ3n) is 2.55. The van der Waals surface area contributed by atoms with Crippen LogP contribution in [0.3, 0.4) is 0 Å². The largest absolute Gasteiger partial charge is 0.325 e. The van der Waals surface area contributed by atoms with Gasteiger partial charge in [-0.1, -0.05) is 32.9 Å². The first kappa shape index (κ1) is 14.1. The van der Waals surface area contributed by atoms with Gasteiger partial charge in [-0.15, -0.1) is 0 Å². The molecule has 3 nitrogen and oxygen atoms in total. The highest BCUT2D eigenvalue weighted by atomic mass is 32.1. The Morgan fingerprint density at radius 2 is 1.88 bits per heavy atom. The van der Waals surface area contributed by atoms with Crippen molar-refractivity contribution < 1.29 is 4.79 Å². The van der Waals surface area contributed by atoms with Crippen molar-refractivity contribution in [3.8, 4) is 0 Å². The molecule has 94 valence electrons. The maximum absolute atomic E-state index is 11.5. The molecule has 1 rings (SSSR count). The maximum Gasteiger partial charge on any atom is 0.242 e. The van der Waals surface area contributed by atoms with E-state index in [1.54, 1.807) is 0 Å². The molecule has 0 saturated carbocycles. The molecule has 1 aromatic rings. The smallest absolute Gasteiger partial charge is 0.242 e. The SMILES string of the molecule is CC(C)(C)c1ccc(NC(=O)C(N)CS)cc1. The number of thiol groups is 1. The number of benzene rings is 1. The Hall–Kier alpha value is -1.00. The number of carbonyl (C=O) groups is 1.